The molecule has 2 aromatic rings. The van der Waals surface area contributed by atoms with Crippen LogP contribution in [0.25, 0.3) is 11.1 Å². The third kappa shape index (κ3) is 4.62. The molecule has 5 nitrogen and oxygen atoms in total. The van der Waals surface area contributed by atoms with Crippen molar-refractivity contribution in [1.29, 1.82) is 0 Å². The first-order valence-corrected chi connectivity index (χ1v) is 8.40. The number of rotatable bonds is 4. The Kier molecular flexibility index (Phi) is 5.32. The zero-order chi connectivity index (χ0) is 20.6. The number of methoxy groups -OCH3 is 1. The lowest BCUT2D eigenvalue weighted by atomic mass is 10.0. The first kappa shape index (κ1) is 20.8. The number of hydrogen-bond donors (Lipinski definition) is 0. The van der Waals surface area contributed by atoms with Crippen molar-refractivity contribution < 1.29 is 43.7 Å². The highest BCUT2D eigenvalue weighted by atomic mass is 32.2. The van der Waals surface area contributed by atoms with Gasteiger partial charge < -0.3 is 8.92 Å². The maximum absolute atomic E-state index is 12.9. The SMILES string of the molecule is COc1cc(-c2cc(C)nc(OS(=O)(=O)C(F)(F)F)c2)ccc1C(F)(F)F. The molecule has 12 heteroatoms. The van der Waals surface area contributed by atoms with Gasteiger partial charge in [-0.25, -0.2) is 4.98 Å². The monoisotopic (exact) mass is 415 g/mol. The second-order valence-electron chi connectivity index (χ2n) is 5.23. The van der Waals surface area contributed by atoms with Crippen LogP contribution in [-0.4, -0.2) is 26.0 Å². The van der Waals surface area contributed by atoms with Gasteiger partial charge in [-0.2, -0.15) is 34.8 Å². The van der Waals surface area contributed by atoms with E-state index in [-0.39, 0.29) is 16.8 Å². The van der Waals surface area contributed by atoms with E-state index >= 15 is 0 Å². The fraction of sp³-hybridized carbons (Fsp3) is 0.267. The van der Waals surface area contributed by atoms with Gasteiger partial charge in [0.1, 0.15) is 5.75 Å². The van der Waals surface area contributed by atoms with Gasteiger partial charge in [0.2, 0.25) is 5.88 Å². The maximum Gasteiger partial charge on any atom is 0.534 e. The Morgan fingerprint density at radius 1 is 0.963 bits per heavy atom. The van der Waals surface area contributed by atoms with Crippen molar-refractivity contribution in [3.05, 3.63) is 41.6 Å². The van der Waals surface area contributed by atoms with E-state index in [2.05, 4.69) is 9.17 Å². The van der Waals surface area contributed by atoms with Crippen molar-refractivity contribution in [3.8, 4) is 22.8 Å². The van der Waals surface area contributed by atoms with Crippen molar-refractivity contribution in [2.45, 2.75) is 18.6 Å². The maximum atomic E-state index is 12.9. The Hall–Kier alpha value is -2.50. The molecule has 0 atom stereocenters. The van der Waals surface area contributed by atoms with Crippen LogP contribution in [0.5, 0.6) is 11.6 Å². The Labute approximate surface area is 149 Å². The third-order valence-corrected chi connectivity index (χ3v) is 4.21. The van der Waals surface area contributed by atoms with Crippen molar-refractivity contribution in [3.63, 3.8) is 0 Å². The standard InChI is InChI=1S/C15H11F6NO4S/c1-8-5-10(7-13(22-8)26-27(23,24)15(19,20)21)9-3-4-11(14(16,17)18)12(6-9)25-2/h3-7H,1-2H3. The molecule has 0 saturated heterocycles. The molecular weight excluding hydrogens is 404 g/mol. The van der Waals surface area contributed by atoms with E-state index in [0.717, 1.165) is 31.4 Å². The predicted octanol–water partition coefficient (Wildman–Crippen LogP) is 4.31. The number of pyridine rings is 1. The number of hydrogen-bond acceptors (Lipinski definition) is 5. The van der Waals surface area contributed by atoms with Gasteiger partial charge in [0.05, 0.1) is 12.7 Å². The lowest BCUT2D eigenvalue weighted by Crippen LogP contribution is -2.28. The first-order valence-electron chi connectivity index (χ1n) is 6.99. The summed E-state index contributed by atoms with van der Waals surface area (Å²) >= 11 is 0. The highest BCUT2D eigenvalue weighted by Crippen LogP contribution is 2.39. The predicted molar refractivity (Wildman–Crippen MR) is 81.6 cm³/mol. The van der Waals surface area contributed by atoms with Crippen molar-refractivity contribution in [1.82, 2.24) is 4.98 Å². The summed E-state index contributed by atoms with van der Waals surface area (Å²) in [5.74, 6) is -1.39. The number of aryl methyl sites for hydroxylation is 1. The summed E-state index contributed by atoms with van der Waals surface area (Å²) in [6, 6.07) is 4.99. The van der Waals surface area contributed by atoms with Crippen LogP contribution in [0, 0.1) is 6.92 Å². The molecule has 0 amide bonds. The molecule has 148 valence electrons. The second kappa shape index (κ2) is 6.91. The van der Waals surface area contributed by atoms with Gasteiger partial charge in [-0.05, 0) is 36.2 Å². The summed E-state index contributed by atoms with van der Waals surface area (Å²) in [6.07, 6.45) is -4.67. The Morgan fingerprint density at radius 3 is 2.11 bits per heavy atom. The molecule has 0 aliphatic rings. The van der Waals surface area contributed by atoms with Gasteiger partial charge in [0, 0.05) is 11.8 Å². The summed E-state index contributed by atoms with van der Waals surface area (Å²) in [7, 11) is -4.92. The molecule has 0 bridgehead atoms. The molecule has 1 aromatic carbocycles. The van der Waals surface area contributed by atoms with Crippen molar-refractivity contribution >= 4 is 10.1 Å². The topological polar surface area (TPSA) is 65.5 Å². The van der Waals surface area contributed by atoms with Gasteiger partial charge in [-0.1, -0.05) is 6.07 Å². The van der Waals surface area contributed by atoms with E-state index in [1.807, 2.05) is 0 Å². The average molecular weight is 415 g/mol. The van der Waals surface area contributed by atoms with Gasteiger partial charge in [-0.3, -0.25) is 0 Å². The summed E-state index contributed by atoms with van der Waals surface area (Å²) in [5, 5.41) is 0. The number of alkyl halides is 6. The van der Waals surface area contributed by atoms with Crippen molar-refractivity contribution in [2.24, 2.45) is 0 Å². The molecule has 0 unspecified atom stereocenters. The third-order valence-electron chi connectivity index (χ3n) is 3.25. The minimum atomic E-state index is -5.94. The molecule has 1 aromatic heterocycles. The van der Waals surface area contributed by atoms with Crippen LogP contribution in [-0.2, 0) is 16.3 Å². The zero-order valence-corrected chi connectivity index (χ0v) is 14.5. The quantitative estimate of drug-likeness (QED) is 0.423. The van der Waals surface area contributed by atoms with E-state index in [9.17, 15) is 34.8 Å². The molecule has 0 saturated carbocycles. The van der Waals surface area contributed by atoms with Gasteiger partial charge in [0.25, 0.3) is 0 Å². The molecule has 0 aliphatic carbocycles. The van der Waals surface area contributed by atoms with E-state index in [1.165, 1.54) is 13.0 Å². The highest BCUT2D eigenvalue weighted by Gasteiger charge is 2.49. The van der Waals surface area contributed by atoms with Crippen LogP contribution in [0.4, 0.5) is 26.3 Å². The summed E-state index contributed by atoms with van der Waals surface area (Å²) < 4.78 is 107. The fourth-order valence-corrected chi connectivity index (χ4v) is 2.52. The van der Waals surface area contributed by atoms with Gasteiger partial charge >= 0.3 is 21.8 Å². The average Bonchev–Trinajstić information content (AvgIpc) is 2.51. The van der Waals surface area contributed by atoms with Crippen LogP contribution in [0.3, 0.4) is 0 Å². The Bertz CT molecular complexity index is 954. The smallest absolute Gasteiger partial charge is 0.496 e. The largest absolute Gasteiger partial charge is 0.534 e. The van der Waals surface area contributed by atoms with Crippen LogP contribution in [0.15, 0.2) is 30.3 Å². The molecular formula is C15H11F6NO4S. The Balaban J connectivity index is 2.50. The normalized spacial score (nSPS) is 12.7. The van der Waals surface area contributed by atoms with Crippen LogP contribution >= 0.6 is 0 Å². The van der Waals surface area contributed by atoms with E-state index < -0.39 is 39.0 Å². The number of aromatic nitrogens is 1. The Morgan fingerprint density at radius 2 is 1.59 bits per heavy atom. The van der Waals surface area contributed by atoms with E-state index in [1.54, 1.807) is 0 Å². The lowest BCUT2D eigenvalue weighted by Gasteiger charge is -2.14. The molecule has 0 fully saturated rings. The fourth-order valence-electron chi connectivity index (χ4n) is 2.11. The molecule has 0 aliphatic heterocycles. The molecule has 0 radical (unpaired) electrons. The van der Waals surface area contributed by atoms with E-state index in [0.29, 0.717) is 0 Å². The molecule has 0 spiro atoms. The number of halogens is 6. The van der Waals surface area contributed by atoms with Gasteiger partial charge in [-0.15, -0.1) is 0 Å². The van der Waals surface area contributed by atoms with E-state index in [4.69, 9.17) is 4.74 Å². The molecule has 2 rings (SSSR count). The molecule has 27 heavy (non-hydrogen) atoms. The first-order chi connectivity index (χ1) is 12.2. The zero-order valence-electron chi connectivity index (χ0n) is 13.6. The second-order valence-corrected chi connectivity index (χ2v) is 6.77. The lowest BCUT2D eigenvalue weighted by molar-refractivity contribution is -0.138. The highest BCUT2D eigenvalue weighted by molar-refractivity contribution is 7.87. The summed E-state index contributed by atoms with van der Waals surface area (Å²) in [4.78, 5) is 3.54. The van der Waals surface area contributed by atoms with Crippen LogP contribution in [0.1, 0.15) is 11.3 Å². The number of nitrogens with zero attached hydrogens (tertiary/aromatic N) is 1. The van der Waals surface area contributed by atoms with Crippen LogP contribution in [0.2, 0.25) is 0 Å². The minimum Gasteiger partial charge on any atom is -0.496 e. The van der Waals surface area contributed by atoms with Crippen LogP contribution < -0.4 is 8.92 Å². The number of ether oxygens (including phenoxy) is 1. The number of benzene rings is 1. The molecule has 1 heterocycles. The minimum absolute atomic E-state index is 0.0822. The van der Waals surface area contributed by atoms with Gasteiger partial charge in [0.15, 0.2) is 0 Å². The summed E-state index contributed by atoms with van der Waals surface area (Å²) in [5.41, 5.74) is -6.41. The molecule has 0 N–H and O–H groups in total. The van der Waals surface area contributed by atoms with Crippen molar-refractivity contribution in [2.75, 3.05) is 7.11 Å². The summed E-state index contributed by atoms with van der Waals surface area (Å²) in [6.45, 7) is 1.35.